The standard InChI is InChI=1S/C17H21N3O3/c1-11(2)14-6-4-5-12(3)16(14)20-10-13(9-18)17(23)19-8-7-15(21)22/h4-6,10-11,20H,7-8H2,1-3H3,(H,19,23)(H,21,22)/b13-10-. The highest BCUT2D eigenvalue weighted by atomic mass is 16.4. The molecule has 23 heavy (non-hydrogen) atoms. The number of carbonyl (C=O) groups excluding carboxylic acids is 1. The van der Waals surface area contributed by atoms with Crippen LogP contribution in [0.1, 0.15) is 37.3 Å². The van der Waals surface area contributed by atoms with Crippen LogP contribution in [-0.2, 0) is 9.59 Å². The molecule has 0 bridgehead atoms. The van der Waals surface area contributed by atoms with E-state index in [4.69, 9.17) is 10.4 Å². The Bertz CT molecular complexity index is 658. The van der Waals surface area contributed by atoms with Crippen LogP contribution >= 0.6 is 0 Å². The fraction of sp³-hybridized carbons (Fsp3) is 0.353. The molecule has 0 atom stereocenters. The quantitative estimate of drug-likeness (QED) is 0.530. The molecule has 0 aromatic heterocycles. The summed E-state index contributed by atoms with van der Waals surface area (Å²) < 4.78 is 0. The van der Waals surface area contributed by atoms with Crippen molar-refractivity contribution in [3.05, 3.63) is 41.1 Å². The number of nitrogens with zero attached hydrogens (tertiary/aromatic N) is 1. The van der Waals surface area contributed by atoms with E-state index in [9.17, 15) is 9.59 Å². The molecule has 0 saturated heterocycles. The van der Waals surface area contributed by atoms with Gasteiger partial charge in [0.25, 0.3) is 5.91 Å². The van der Waals surface area contributed by atoms with E-state index in [1.807, 2.05) is 31.2 Å². The number of nitriles is 1. The number of hydrogen-bond acceptors (Lipinski definition) is 4. The molecule has 1 aromatic carbocycles. The number of para-hydroxylation sites is 1. The monoisotopic (exact) mass is 315 g/mol. The minimum Gasteiger partial charge on any atom is -0.481 e. The number of carboxylic acids is 1. The number of anilines is 1. The van der Waals surface area contributed by atoms with E-state index in [1.54, 1.807) is 0 Å². The number of benzene rings is 1. The van der Waals surface area contributed by atoms with Gasteiger partial charge in [-0.2, -0.15) is 5.26 Å². The molecule has 1 rings (SSSR count). The second-order valence-electron chi connectivity index (χ2n) is 5.41. The molecule has 0 spiro atoms. The molecule has 1 amide bonds. The third kappa shape index (κ3) is 5.47. The molecule has 0 fully saturated rings. The summed E-state index contributed by atoms with van der Waals surface area (Å²) in [4.78, 5) is 22.3. The lowest BCUT2D eigenvalue weighted by Crippen LogP contribution is -2.27. The van der Waals surface area contributed by atoms with Gasteiger partial charge in [0.15, 0.2) is 0 Å². The van der Waals surface area contributed by atoms with Crippen molar-refractivity contribution in [2.75, 3.05) is 11.9 Å². The summed E-state index contributed by atoms with van der Waals surface area (Å²) in [6.45, 7) is 6.05. The zero-order valence-electron chi connectivity index (χ0n) is 13.5. The van der Waals surface area contributed by atoms with Crippen molar-refractivity contribution in [1.82, 2.24) is 5.32 Å². The molecular weight excluding hydrogens is 294 g/mol. The Morgan fingerprint density at radius 3 is 2.65 bits per heavy atom. The van der Waals surface area contributed by atoms with Gasteiger partial charge in [-0.25, -0.2) is 0 Å². The Morgan fingerprint density at radius 2 is 2.09 bits per heavy atom. The van der Waals surface area contributed by atoms with Crippen molar-refractivity contribution in [2.24, 2.45) is 0 Å². The first kappa shape index (κ1) is 18.2. The lowest BCUT2D eigenvalue weighted by atomic mass is 9.98. The second kappa shape index (κ2) is 8.59. The third-order valence-corrected chi connectivity index (χ3v) is 3.28. The molecule has 0 radical (unpaired) electrons. The molecule has 0 aliphatic rings. The predicted molar refractivity (Wildman–Crippen MR) is 87.8 cm³/mol. The van der Waals surface area contributed by atoms with Crippen LogP contribution in [0.5, 0.6) is 0 Å². The summed E-state index contributed by atoms with van der Waals surface area (Å²) in [7, 11) is 0. The van der Waals surface area contributed by atoms with Gasteiger partial charge < -0.3 is 15.7 Å². The average Bonchev–Trinajstić information content (AvgIpc) is 2.48. The van der Waals surface area contributed by atoms with Crippen LogP contribution in [-0.4, -0.2) is 23.5 Å². The van der Waals surface area contributed by atoms with Gasteiger partial charge in [-0.15, -0.1) is 0 Å². The summed E-state index contributed by atoms with van der Waals surface area (Å²) >= 11 is 0. The highest BCUT2D eigenvalue weighted by molar-refractivity contribution is 5.97. The Morgan fingerprint density at radius 1 is 1.39 bits per heavy atom. The van der Waals surface area contributed by atoms with Crippen LogP contribution < -0.4 is 10.6 Å². The largest absolute Gasteiger partial charge is 0.481 e. The van der Waals surface area contributed by atoms with Crippen LogP contribution in [0.3, 0.4) is 0 Å². The van der Waals surface area contributed by atoms with Crippen LogP contribution in [0, 0.1) is 18.3 Å². The number of amides is 1. The highest BCUT2D eigenvalue weighted by Gasteiger charge is 2.11. The summed E-state index contributed by atoms with van der Waals surface area (Å²) in [5, 5.41) is 23.1. The van der Waals surface area contributed by atoms with Crippen LogP contribution in [0.4, 0.5) is 5.69 Å². The fourth-order valence-corrected chi connectivity index (χ4v) is 2.04. The Labute approximate surface area is 135 Å². The first-order valence-electron chi connectivity index (χ1n) is 7.33. The van der Waals surface area contributed by atoms with Gasteiger partial charge in [0.2, 0.25) is 0 Å². The summed E-state index contributed by atoms with van der Waals surface area (Å²) in [5.41, 5.74) is 2.86. The van der Waals surface area contributed by atoms with Crippen molar-refractivity contribution >= 4 is 17.6 Å². The Balaban J connectivity index is 2.87. The molecule has 122 valence electrons. The molecule has 3 N–H and O–H groups in total. The van der Waals surface area contributed by atoms with Gasteiger partial charge >= 0.3 is 5.97 Å². The SMILES string of the molecule is Cc1cccc(C(C)C)c1N/C=C(/C#N)C(=O)NCCC(=O)O. The van der Waals surface area contributed by atoms with Crippen LogP contribution in [0.2, 0.25) is 0 Å². The van der Waals surface area contributed by atoms with Gasteiger partial charge in [-0.3, -0.25) is 9.59 Å². The maximum Gasteiger partial charge on any atom is 0.305 e. The lowest BCUT2D eigenvalue weighted by molar-refractivity contribution is -0.136. The van der Waals surface area contributed by atoms with Crippen molar-refractivity contribution in [3.8, 4) is 6.07 Å². The molecule has 1 aromatic rings. The van der Waals surface area contributed by atoms with Crippen molar-refractivity contribution in [2.45, 2.75) is 33.1 Å². The summed E-state index contributed by atoms with van der Waals surface area (Å²) in [5.74, 6) is -1.31. The highest BCUT2D eigenvalue weighted by Crippen LogP contribution is 2.27. The zero-order valence-corrected chi connectivity index (χ0v) is 13.5. The van der Waals surface area contributed by atoms with Crippen molar-refractivity contribution in [3.63, 3.8) is 0 Å². The van der Waals surface area contributed by atoms with Gasteiger partial charge in [0, 0.05) is 18.4 Å². The summed E-state index contributed by atoms with van der Waals surface area (Å²) in [6.07, 6.45) is 1.16. The van der Waals surface area contributed by atoms with Gasteiger partial charge in [0.05, 0.1) is 6.42 Å². The molecule has 6 heteroatoms. The lowest BCUT2D eigenvalue weighted by Gasteiger charge is -2.15. The van der Waals surface area contributed by atoms with Crippen LogP contribution in [0.25, 0.3) is 0 Å². The maximum atomic E-state index is 11.8. The number of carboxylic acid groups (broad SMARTS) is 1. The zero-order chi connectivity index (χ0) is 17.4. The van der Waals surface area contributed by atoms with E-state index in [0.29, 0.717) is 5.92 Å². The topological polar surface area (TPSA) is 102 Å². The smallest absolute Gasteiger partial charge is 0.305 e. The fourth-order valence-electron chi connectivity index (χ4n) is 2.04. The van der Waals surface area contributed by atoms with Crippen LogP contribution in [0.15, 0.2) is 30.0 Å². The first-order valence-corrected chi connectivity index (χ1v) is 7.33. The molecule has 6 nitrogen and oxygen atoms in total. The van der Waals surface area contributed by atoms with E-state index < -0.39 is 11.9 Å². The first-order chi connectivity index (χ1) is 10.9. The van der Waals surface area contributed by atoms with Gasteiger partial charge in [-0.1, -0.05) is 32.0 Å². The van der Waals surface area contributed by atoms with E-state index >= 15 is 0 Å². The number of aryl methyl sites for hydroxylation is 1. The number of nitrogens with one attached hydrogen (secondary N) is 2. The Hall–Kier alpha value is -2.81. The molecule has 0 heterocycles. The predicted octanol–water partition coefficient (Wildman–Crippen LogP) is 2.53. The average molecular weight is 315 g/mol. The number of rotatable bonds is 7. The minimum absolute atomic E-state index is 0.0191. The molecule has 0 saturated carbocycles. The van der Waals surface area contributed by atoms with E-state index in [0.717, 1.165) is 16.8 Å². The van der Waals surface area contributed by atoms with Gasteiger partial charge in [-0.05, 0) is 24.0 Å². The van der Waals surface area contributed by atoms with Crippen molar-refractivity contribution in [1.29, 1.82) is 5.26 Å². The van der Waals surface area contributed by atoms with E-state index in [1.165, 1.54) is 6.20 Å². The molecule has 0 unspecified atom stereocenters. The third-order valence-electron chi connectivity index (χ3n) is 3.28. The normalized spacial score (nSPS) is 11.0. The minimum atomic E-state index is -1.01. The Kier molecular flexibility index (Phi) is 6.81. The summed E-state index contributed by atoms with van der Waals surface area (Å²) in [6, 6.07) is 7.72. The van der Waals surface area contributed by atoms with Gasteiger partial charge in [0.1, 0.15) is 11.6 Å². The van der Waals surface area contributed by atoms with Crippen molar-refractivity contribution < 1.29 is 14.7 Å². The number of aliphatic carboxylic acids is 1. The van der Waals surface area contributed by atoms with E-state index in [2.05, 4.69) is 24.5 Å². The maximum absolute atomic E-state index is 11.8. The molecule has 0 aliphatic heterocycles. The molecule has 0 aliphatic carbocycles. The number of hydrogen-bond donors (Lipinski definition) is 3. The second-order valence-corrected chi connectivity index (χ2v) is 5.41. The molecular formula is C17H21N3O3. The van der Waals surface area contributed by atoms with E-state index in [-0.39, 0.29) is 18.5 Å². The number of carbonyl (C=O) groups is 2.